The van der Waals surface area contributed by atoms with Crippen LogP contribution in [-0.4, -0.2) is 25.0 Å². The smallest absolute Gasteiger partial charge is 0.259 e. The molecule has 23 heavy (non-hydrogen) atoms. The van der Waals surface area contributed by atoms with Crippen LogP contribution in [0.15, 0.2) is 36.4 Å². The Balaban J connectivity index is 1.62. The molecule has 2 aromatic carbocycles. The van der Waals surface area contributed by atoms with Crippen molar-refractivity contribution in [3.05, 3.63) is 53.1 Å². The van der Waals surface area contributed by atoms with Crippen molar-refractivity contribution < 1.29 is 19.1 Å². The molecular weight excluding hydrogens is 296 g/mol. The van der Waals surface area contributed by atoms with E-state index in [2.05, 4.69) is 10.6 Å². The zero-order valence-electron chi connectivity index (χ0n) is 12.2. The van der Waals surface area contributed by atoms with Crippen molar-refractivity contribution in [2.75, 3.05) is 18.5 Å². The number of nitrogens with one attached hydrogen (secondary N) is 2. The molecule has 0 bridgehead atoms. The fourth-order valence-electron chi connectivity index (χ4n) is 2.74. The molecule has 2 heterocycles. The zero-order valence-corrected chi connectivity index (χ0v) is 12.2. The second-order valence-electron chi connectivity index (χ2n) is 5.34. The molecule has 0 saturated heterocycles. The van der Waals surface area contributed by atoms with Crippen molar-refractivity contribution >= 4 is 17.5 Å². The Bertz CT molecular complexity index is 816. The largest absolute Gasteiger partial charge is 0.486 e. The number of para-hydroxylation sites is 1. The lowest BCUT2D eigenvalue weighted by Gasteiger charge is -2.20. The molecular formula is C17H14N2O4. The second kappa shape index (κ2) is 5.31. The lowest BCUT2D eigenvalue weighted by Crippen LogP contribution is -2.20. The van der Waals surface area contributed by atoms with E-state index < -0.39 is 0 Å². The van der Waals surface area contributed by atoms with Crippen molar-refractivity contribution in [3.63, 3.8) is 0 Å². The minimum Gasteiger partial charge on any atom is -0.486 e. The van der Waals surface area contributed by atoms with Crippen LogP contribution < -0.4 is 20.1 Å². The van der Waals surface area contributed by atoms with Gasteiger partial charge in [-0.05, 0) is 29.8 Å². The van der Waals surface area contributed by atoms with Gasteiger partial charge >= 0.3 is 0 Å². The molecule has 4 rings (SSSR count). The van der Waals surface area contributed by atoms with Crippen LogP contribution in [0, 0.1) is 0 Å². The fraction of sp³-hybridized carbons (Fsp3) is 0.176. The van der Waals surface area contributed by atoms with E-state index in [1.807, 2.05) is 6.07 Å². The summed E-state index contributed by atoms with van der Waals surface area (Å²) in [6.07, 6.45) is 0. The van der Waals surface area contributed by atoms with E-state index in [1.165, 1.54) is 0 Å². The van der Waals surface area contributed by atoms with Crippen LogP contribution in [0.1, 0.15) is 26.3 Å². The molecule has 2 aromatic rings. The average molecular weight is 310 g/mol. The van der Waals surface area contributed by atoms with Gasteiger partial charge in [-0.2, -0.15) is 0 Å². The minimum absolute atomic E-state index is 0.120. The number of benzene rings is 2. The molecule has 0 aliphatic carbocycles. The number of hydrogen-bond acceptors (Lipinski definition) is 4. The predicted molar refractivity (Wildman–Crippen MR) is 83.0 cm³/mol. The van der Waals surface area contributed by atoms with Crippen LogP contribution in [-0.2, 0) is 6.54 Å². The van der Waals surface area contributed by atoms with Gasteiger partial charge in [0.25, 0.3) is 11.8 Å². The maximum Gasteiger partial charge on any atom is 0.259 e. The van der Waals surface area contributed by atoms with E-state index in [-0.39, 0.29) is 11.8 Å². The predicted octanol–water partition coefficient (Wildman–Crippen LogP) is 1.95. The molecule has 116 valence electrons. The summed E-state index contributed by atoms with van der Waals surface area (Å²) < 4.78 is 11.0. The van der Waals surface area contributed by atoms with Crippen LogP contribution in [0.25, 0.3) is 0 Å². The first kappa shape index (κ1) is 13.6. The summed E-state index contributed by atoms with van der Waals surface area (Å²) in [5, 5.41) is 5.55. The van der Waals surface area contributed by atoms with Gasteiger partial charge in [0.1, 0.15) is 13.2 Å². The monoisotopic (exact) mass is 310 g/mol. The number of carbonyl (C=O) groups is 2. The zero-order chi connectivity index (χ0) is 15.8. The highest BCUT2D eigenvalue weighted by molar-refractivity contribution is 6.07. The van der Waals surface area contributed by atoms with E-state index in [9.17, 15) is 9.59 Å². The Kier molecular flexibility index (Phi) is 3.15. The third kappa shape index (κ3) is 2.38. The Morgan fingerprint density at radius 3 is 2.91 bits per heavy atom. The van der Waals surface area contributed by atoms with Gasteiger partial charge in [-0.25, -0.2) is 0 Å². The van der Waals surface area contributed by atoms with Gasteiger partial charge in [-0.15, -0.1) is 0 Å². The normalized spacial score (nSPS) is 14.9. The maximum absolute atomic E-state index is 12.5. The van der Waals surface area contributed by atoms with Gasteiger partial charge in [0, 0.05) is 17.8 Å². The number of ether oxygens (including phenoxy) is 2. The first-order valence-electron chi connectivity index (χ1n) is 7.33. The first-order chi connectivity index (χ1) is 11.2. The second-order valence-corrected chi connectivity index (χ2v) is 5.34. The molecule has 0 spiro atoms. The van der Waals surface area contributed by atoms with Gasteiger partial charge in [0.05, 0.1) is 5.56 Å². The van der Waals surface area contributed by atoms with Crippen LogP contribution in [0.4, 0.5) is 5.69 Å². The molecule has 2 amide bonds. The molecule has 0 atom stereocenters. The average Bonchev–Trinajstić information content (AvgIpc) is 2.95. The first-order valence-corrected chi connectivity index (χ1v) is 7.33. The Hall–Kier alpha value is -3.02. The summed E-state index contributed by atoms with van der Waals surface area (Å²) in [5.41, 5.74) is 2.51. The summed E-state index contributed by atoms with van der Waals surface area (Å²) in [4.78, 5) is 24.2. The van der Waals surface area contributed by atoms with Crippen molar-refractivity contribution in [2.24, 2.45) is 0 Å². The quantitative estimate of drug-likeness (QED) is 0.889. The minimum atomic E-state index is -0.300. The molecule has 6 nitrogen and oxygen atoms in total. The van der Waals surface area contributed by atoms with Crippen molar-refractivity contribution in [1.82, 2.24) is 5.32 Å². The highest BCUT2D eigenvalue weighted by Crippen LogP contribution is 2.34. The third-order valence-electron chi connectivity index (χ3n) is 3.86. The van der Waals surface area contributed by atoms with Crippen LogP contribution in [0.5, 0.6) is 11.5 Å². The van der Waals surface area contributed by atoms with Gasteiger partial charge < -0.3 is 20.1 Å². The number of anilines is 1. The van der Waals surface area contributed by atoms with Crippen molar-refractivity contribution in [3.8, 4) is 11.5 Å². The molecule has 2 aliphatic heterocycles. The van der Waals surface area contributed by atoms with Gasteiger partial charge in [-0.3, -0.25) is 9.59 Å². The fourth-order valence-corrected chi connectivity index (χ4v) is 2.74. The third-order valence-corrected chi connectivity index (χ3v) is 3.86. The van der Waals surface area contributed by atoms with Crippen LogP contribution in [0.2, 0.25) is 0 Å². The van der Waals surface area contributed by atoms with Gasteiger partial charge in [0.15, 0.2) is 11.5 Å². The molecule has 0 fully saturated rings. The van der Waals surface area contributed by atoms with Crippen LogP contribution in [0.3, 0.4) is 0 Å². The van der Waals surface area contributed by atoms with Crippen molar-refractivity contribution in [1.29, 1.82) is 0 Å². The summed E-state index contributed by atoms with van der Waals surface area (Å²) in [6, 6.07) is 10.5. The van der Waals surface area contributed by atoms with E-state index >= 15 is 0 Å². The van der Waals surface area contributed by atoms with Crippen LogP contribution >= 0.6 is 0 Å². The van der Waals surface area contributed by atoms with Gasteiger partial charge in [0.2, 0.25) is 0 Å². The summed E-state index contributed by atoms with van der Waals surface area (Å²) in [6.45, 7) is 1.41. The number of hydrogen-bond donors (Lipinski definition) is 2. The SMILES string of the molecule is O=C1NCc2ccc(NC(=O)c3cccc4c3OCCO4)cc21. The molecule has 0 radical (unpaired) electrons. The summed E-state index contributed by atoms with van der Waals surface area (Å²) >= 11 is 0. The van der Waals surface area contributed by atoms with E-state index in [0.29, 0.717) is 48.1 Å². The van der Waals surface area contributed by atoms with E-state index in [1.54, 1.807) is 30.3 Å². The lowest BCUT2D eigenvalue weighted by atomic mass is 10.1. The molecule has 0 aromatic heterocycles. The summed E-state index contributed by atoms with van der Waals surface area (Å²) in [7, 11) is 0. The Morgan fingerprint density at radius 1 is 1.13 bits per heavy atom. The van der Waals surface area contributed by atoms with E-state index in [0.717, 1.165) is 5.56 Å². The highest BCUT2D eigenvalue weighted by atomic mass is 16.6. The van der Waals surface area contributed by atoms with E-state index in [4.69, 9.17) is 9.47 Å². The molecule has 2 N–H and O–H groups in total. The molecule has 6 heteroatoms. The topological polar surface area (TPSA) is 76.7 Å². The molecule has 0 saturated carbocycles. The number of amides is 2. The standard InChI is InChI=1S/C17H14N2O4/c20-16-13-8-11(5-4-10(13)9-18-16)19-17(21)12-2-1-3-14-15(12)23-7-6-22-14/h1-5,8H,6-7,9H2,(H,18,20)(H,19,21). The molecule has 2 aliphatic rings. The highest BCUT2D eigenvalue weighted by Gasteiger charge is 2.22. The maximum atomic E-state index is 12.5. The Labute approximate surface area is 132 Å². The lowest BCUT2D eigenvalue weighted by molar-refractivity contribution is 0.0963. The summed E-state index contributed by atoms with van der Waals surface area (Å²) in [5.74, 6) is 0.600. The van der Waals surface area contributed by atoms with Crippen molar-refractivity contribution in [2.45, 2.75) is 6.54 Å². The van der Waals surface area contributed by atoms with Gasteiger partial charge in [-0.1, -0.05) is 12.1 Å². The number of fused-ring (bicyclic) bond motifs is 2. The molecule has 0 unspecified atom stereocenters. The Morgan fingerprint density at radius 2 is 2.00 bits per heavy atom. The number of carbonyl (C=O) groups excluding carboxylic acids is 2. The number of rotatable bonds is 2.